The molecule has 2 aromatic rings. The van der Waals surface area contributed by atoms with Crippen LogP contribution in [0.2, 0.25) is 5.15 Å². The Bertz CT molecular complexity index is 546. The third-order valence-corrected chi connectivity index (χ3v) is 2.42. The average molecular weight is 239 g/mol. The van der Waals surface area contributed by atoms with Crippen LogP contribution in [-0.4, -0.2) is 19.3 Å². The lowest BCUT2D eigenvalue weighted by molar-refractivity contribution is 0.657. The summed E-state index contributed by atoms with van der Waals surface area (Å²) in [5.41, 5.74) is 0.803. The molecular formula is C10H11ClN4O. The van der Waals surface area contributed by atoms with Gasteiger partial charge in [-0.2, -0.15) is 5.10 Å². The van der Waals surface area contributed by atoms with Crippen LogP contribution in [0.5, 0.6) is 0 Å². The summed E-state index contributed by atoms with van der Waals surface area (Å²) in [7, 11) is 0. The molecule has 0 radical (unpaired) electrons. The first kappa shape index (κ1) is 10.9. The minimum absolute atomic E-state index is 0.163. The molecule has 2 aromatic heterocycles. The van der Waals surface area contributed by atoms with Gasteiger partial charge in [0, 0.05) is 24.4 Å². The third-order valence-electron chi connectivity index (χ3n) is 2.21. The topological polar surface area (TPSA) is 52.7 Å². The molecular weight excluding hydrogens is 228 g/mol. The lowest BCUT2D eigenvalue weighted by atomic mass is 10.3. The van der Waals surface area contributed by atoms with Gasteiger partial charge in [0.1, 0.15) is 5.15 Å². The van der Waals surface area contributed by atoms with Gasteiger partial charge in [-0.3, -0.25) is 14.0 Å². The zero-order valence-corrected chi connectivity index (χ0v) is 9.55. The highest BCUT2D eigenvalue weighted by atomic mass is 35.5. The molecule has 84 valence electrons. The molecule has 0 amide bonds. The molecule has 16 heavy (non-hydrogen) atoms. The summed E-state index contributed by atoms with van der Waals surface area (Å²) in [5.74, 6) is 0. The van der Waals surface area contributed by atoms with Crippen molar-refractivity contribution in [2.75, 3.05) is 0 Å². The zero-order chi connectivity index (χ0) is 11.5. The molecule has 2 rings (SSSR count). The average Bonchev–Trinajstić information content (AvgIpc) is 2.70. The number of halogens is 1. The van der Waals surface area contributed by atoms with Gasteiger partial charge in [0.05, 0.1) is 19.1 Å². The van der Waals surface area contributed by atoms with Crippen LogP contribution in [0.1, 0.15) is 12.5 Å². The smallest absolute Gasteiger partial charge is 0.255 e. The third kappa shape index (κ3) is 2.30. The van der Waals surface area contributed by atoms with Gasteiger partial charge in [-0.05, 0) is 6.92 Å². The number of aryl methyl sites for hydroxylation is 1. The van der Waals surface area contributed by atoms with Crippen molar-refractivity contribution in [2.24, 2.45) is 0 Å². The Morgan fingerprint density at radius 1 is 1.50 bits per heavy atom. The minimum Gasteiger partial charge on any atom is -0.295 e. The van der Waals surface area contributed by atoms with E-state index in [4.69, 9.17) is 11.6 Å². The zero-order valence-electron chi connectivity index (χ0n) is 8.80. The van der Waals surface area contributed by atoms with E-state index in [1.54, 1.807) is 6.20 Å². The van der Waals surface area contributed by atoms with Gasteiger partial charge in [-0.1, -0.05) is 11.6 Å². The Hall–Kier alpha value is -1.62. The molecule has 5 nitrogen and oxygen atoms in total. The second kappa shape index (κ2) is 4.49. The summed E-state index contributed by atoms with van der Waals surface area (Å²) < 4.78 is 3.30. The monoisotopic (exact) mass is 238 g/mol. The van der Waals surface area contributed by atoms with E-state index in [9.17, 15) is 4.79 Å². The van der Waals surface area contributed by atoms with Crippen LogP contribution in [0, 0.1) is 0 Å². The molecule has 6 heteroatoms. The van der Waals surface area contributed by atoms with Gasteiger partial charge in [-0.25, -0.2) is 4.98 Å². The van der Waals surface area contributed by atoms with Crippen molar-refractivity contribution >= 4 is 11.6 Å². The Balaban J connectivity index is 2.23. The number of hydrogen-bond acceptors (Lipinski definition) is 3. The molecule has 0 spiro atoms. The van der Waals surface area contributed by atoms with Crippen molar-refractivity contribution in [3.05, 3.63) is 45.9 Å². The second-order valence-electron chi connectivity index (χ2n) is 3.38. The van der Waals surface area contributed by atoms with Crippen LogP contribution in [0.4, 0.5) is 0 Å². The molecule has 0 saturated heterocycles. The molecule has 0 unspecified atom stereocenters. The van der Waals surface area contributed by atoms with Crippen LogP contribution in [-0.2, 0) is 13.1 Å². The van der Waals surface area contributed by atoms with Gasteiger partial charge < -0.3 is 0 Å². The van der Waals surface area contributed by atoms with Crippen LogP contribution in [0.25, 0.3) is 0 Å². The predicted molar refractivity (Wildman–Crippen MR) is 60.5 cm³/mol. The minimum atomic E-state index is -0.163. The maximum absolute atomic E-state index is 11.5. The highest BCUT2D eigenvalue weighted by molar-refractivity contribution is 6.29. The van der Waals surface area contributed by atoms with E-state index in [2.05, 4.69) is 10.1 Å². The summed E-state index contributed by atoms with van der Waals surface area (Å²) >= 11 is 5.61. The summed E-state index contributed by atoms with van der Waals surface area (Å²) in [6.45, 7) is 3.28. The number of nitrogens with zero attached hydrogens (tertiary/aromatic N) is 4. The van der Waals surface area contributed by atoms with Gasteiger partial charge >= 0.3 is 0 Å². The largest absolute Gasteiger partial charge is 0.295 e. The molecule has 0 atom stereocenters. The van der Waals surface area contributed by atoms with Gasteiger partial charge in [0.25, 0.3) is 5.56 Å². The molecule has 0 fully saturated rings. The molecule has 0 aliphatic carbocycles. The first-order chi connectivity index (χ1) is 7.69. The fourth-order valence-electron chi connectivity index (χ4n) is 1.38. The lowest BCUT2D eigenvalue weighted by Crippen LogP contribution is -2.19. The molecule has 0 aliphatic rings. The van der Waals surface area contributed by atoms with E-state index < -0.39 is 0 Å². The summed E-state index contributed by atoms with van der Waals surface area (Å²) in [4.78, 5) is 15.4. The Labute approximate surface area is 97.3 Å². The SMILES string of the molecule is CCn1cc(Cn2cnc(Cl)cc2=O)cn1. The number of aromatic nitrogens is 4. The van der Waals surface area contributed by atoms with Crippen molar-refractivity contribution in [1.82, 2.24) is 19.3 Å². The van der Waals surface area contributed by atoms with Gasteiger partial charge in [0.15, 0.2) is 0 Å². The van der Waals surface area contributed by atoms with Crippen molar-refractivity contribution in [3.63, 3.8) is 0 Å². The van der Waals surface area contributed by atoms with Crippen molar-refractivity contribution in [3.8, 4) is 0 Å². The molecule has 0 bridgehead atoms. The van der Waals surface area contributed by atoms with Crippen LogP contribution in [0.15, 0.2) is 29.6 Å². The molecule has 0 N–H and O–H groups in total. The maximum atomic E-state index is 11.5. The van der Waals surface area contributed by atoms with Gasteiger partial charge in [-0.15, -0.1) is 0 Å². The van der Waals surface area contributed by atoms with Crippen LogP contribution >= 0.6 is 11.6 Å². The number of hydrogen-bond donors (Lipinski definition) is 0. The first-order valence-electron chi connectivity index (χ1n) is 4.92. The van der Waals surface area contributed by atoms with Gasteiger partial charge in [0.2, 0.25) is 0 Å². The highest BCUT2D eigenvalue weighted by Gasteiger charge is 2.01. The summed E-state index contributed by atoms with van der Waals surface area (Å²) in [6, 6.07) is 1.30. The summed E-state index contributed by atoms with van der Waals surface area (Å²) in [5, 5.41) is 4.35. The van der Waals surface area contributed by atoms with E-state index >= 15 is 0 Å². The second-order valence-corrected chi connectivity index (χ2v) is 3.77. The Morgan fingerprint density at radius 2 is 2.31 bits per heavy atom. The molecule has 0 aliphatic heterocycles. The predicted octanol–water partition coefficient (Wildman–Crippen LogP) is 1.16. The lowest BCUT2D eigenvalue weighted by Gasteiger charge is -2.01. The van der Waals surface area contributed by atoms with E-state index in [1.807, 2.05) is 17.8 Å². The standard InChI is InChI=1S/C10H11ClN4O/c1-2-15-6-8(4-13-15)5-14-7-12-9(11)3-10(14)16/h3-4,6-7H,2,5H2,1H3. The molecule has 2 heterocycles. The highest BCUT2D eigenvalue weighted by Crippen LogP contribution is 2.01. The Morgan fingerprint density at radius 3 is 2.94 bits per heavy atom. The van der Waals surface area contributed by atoms with Crippen LogP contribution in [0.3, 0.4) is 0 Å². The molecule has 0 aromatic carbocycles. The van der Waals surface area contributed by atoms with Crippen molar-refractivity contribution < 1.29 is 0 Å². The van der Waals surface area contributed by atoms with Crippen molar-refractivity contribution in [2.45, 2.75) is 20.0 Å². The van der Waals surface area contributed by atoms with E-state index in [1.165, 1.54) is 17.0 Å². The maximum Gasteiger partial charge on any atom is 0.255 e. The normalized spacial score (nSPS) is 10.6. The molecule has 0 saturated carbocycles. The Kier molecular flexibility index (Phi) is 3.05. The fourth-order valence-corrected chi connectivity index (χ4v) is 1.52. The van der Waals surface area contributed by atoms with E-state index in [0.29, 0.717) is 6.54 Å². The quantitative estimate of drug-likeness (QED) is 0.754. The van der Waals surface area contributed by atoms with E-state index in [-0.39, 0.29) is 10.7 Å². The first-order valence-corrected chi connectivity index (χ1v) is 5.30. The van der Waals surface area contributed by atoms with E-state index in [0.717, 1.165) is 12.1 Å². The van der Waals surface area contributed by atoms with Crippen LogP contribution < -0.4 is 5.56 Å². The summed E-state index contributed by atoms with van der Waals surface area (Å²) in [6.07, 6.45) is 5.08. The fraction of sp³-hybridized carbons (Fsp3) is 0.300. The number of rotatable bonds is 3. The van der Waals surface area contributed by atoms with Crippen molar-refractivity contribution in [1.29, 1.82) is 0 Å².